The summed E-state index contributed by atoms with van der Waals surface area (Å²) in [7, 11) is 0. The van der Waals surface area contributed by atoms with Crippen molar-refractivity contribution in [3.8, 4) is 0 Å². The smallest absolute Gasteiger partial charge is 0.111 e. The van der Waals surface area contributed by atoms with Crippen molar-refractivity contribution in [2.24, 2.45) is 0 Å². The molecular formula is C8H6O6-2. The van der Waals surface area contributed by atoms with Gasteiger partial charge in [0.15, 0.2) is 0 Å². The molecule has 0 amide bonds. The highest BCUT2D eigenvalue weighted by atomic mass is 16.4. The molecule has 0 heterocycles. The van der Waals surface area contributed by atoms with Gasteiger partial charge in [0.25, 0.3) is 0 Å². The van der Waals surface area contributed by atoms with Crippen LogP contribution in [0.25, 0.3) is 0 Å². The fourth-order valence-corrected chi connectivity index (χ4v) is 1.13. The third kappa shape index (κ3) is 1.66. The zero-order chi connectivity index (χ0) is 10.9. The van der Waals surface area contributed by atoms with Crippen molar-refractivity contribution in [1.29, 1.82) is 0 Å². The second-order valence-corrected chi connectivity index (χ2v) is 2.70. The molecule has 1 aliphatic carbocycles. The summed E-state index contributed by atoms with van der Waals surface area (Å²) in [5, 5.41) is 39.1. The topological polar surface area (TPSA) is 121 Å². The highest BCUT2D eigenvalue weighted by Crippen LogP contribution is 2.19. The lowest BCUT2D eigenvalue weighted by atomic mass is 9.93. The zero-order valence-electron chi connectivity index (χ0n) is 6.84. The van der Waals surface area contributed by atoms with E-state index in [1.807, 2.05) is 0 Å². The fourth-order valence-electron chi connectivity index (χ4n) is 1.13. The first-order valence-corrected chi connectivity index (χ1v) is 3.66. The second kappa shape index (κ2) is 3.60. The molecule has 2 unspecified atom stereocenters. The van der Waals surface area contributed by atoms with Crippen molar-refractivity contribution < 1.29 is 30.0 Å². The summed E-state index contributed by atoms with van der Waals surface area (Å²) in [5.41, 5.74) is -1.57. The van der Waals surface area contributed by atoms with Gasteiger partial charge in [-0.25, -0.2) is 0 Å². The van der Waals surface area contributed by atoms with Gasteiger partial charge in [0.1, 0.15) is 12.2 Å². The first kappa shape index (κ1) is 10.4. The molecule has 76 valence electrons. The lowest BCUT2D eigenvalue weighted by Gasteiger charge is -2.26. The van der Waals surface area contributed by atoms with E-state index in [-0.39, 0.29) is 0 Å². The lowest BCUT2D eigenvalue weighted by Crippen LogP contribution is -2.42. The van der Waals surface area contributed by atoms with E-state index in [9.17, 15) is 19.8 Å². The quantitative estimate of drug-likeness (QED) is 0.467. The molecule has 6 nitrogen and oxygen atoms in total. The Morgan fingerprint density at radius 2 is 1.79 bits per heavy atom. The molecule has 0 aliphatic heterocycles. The van der Waals surface area contributed by atoms with Crippen LogP contribution in [0.15, 0.2) is 23.3 Å². The number of aliphatic hydroxyl groups is 2. The number of rotatable bonds is 2. The molecule has 0 spiro atoms. The summed E-state index contributed by atoms with van der Waals surface area (Å²) >= 11 is 0. The minimum Gasteiger partial charge on any atom is -0.545 e. The number of hydrogen-bond donors (Lipinski definition) is 2. The summed E-state index contributed by atoms with van der Waals surface area (Å²) in [6.07, 6.45) is -1.44. The highest BCUT2D eigenvalue weighted by Gasteiger charge is 2.26. The largest absolute Gasteiger partial charge is 0.545 e. The molecule has 1 aliphatic rings. The van der Waals surface area contributed by atoms with E-state index in [1.54, 1.807) is 0 Å². The highest BCUT2D eigenvalue weighted by molar-refractivity contribution is 6.00. The molecule has 0 aromatic carbocycles. The number of carbonyl (C=O) groups excluding carboxylic acids is 2. The van der Waals surface area contributed by atoms with Crippen LogP contribution in [0.5, 0.6) is 0 Å². The van der Waals surface area contributed by atoms with Crippen LogP contribution in [-0.4, -0.2) is 34.4 Å². The molecule has 2 atom stereocenters. The third-order valence-corrected chi connectivity index (χ3v) is 1.81. The molecule has 6 heteroatoms. The monoisotopic (exact) mass is 198 g/mol. The van der Waals surface area contributed by atoms with E-state index >= 15 is 0 Å². The number of aliphatic carboxylic acids is 2. The molecule has 0 bridgehead atoms. The van der Waals surface area contributed by atoms with Crippen molar-refractivity contribution in [2.45, 2.75) is 12.2 Å². The Hall–Kier alpha value is -1.66. The number of carboxylic acids is 2. The Kier molecular flexibility index (Phi) is 2.68. The van der Waals surface area contributed by atoms with Gasteiger partial charge in [0, 0.05) is 11.1 Å². The molecular weight excluding hydrogens is 192 g/mol. The summed E-state index contributed by atoms with van der Waals surface area (Å²) in [5.74, 6) is -3.59. The van der Waals surface area contributed by atoms with Gasteiger partial charge in [-0.1, -0.05) is 12.2 Å². The zero-order valence-corrected chi connectivity index (χ0v) is 6.84. The first-order chi connectivity index (χ1) is 6.45. The Balaban J connectivity index is 3.24. The molecule has 0 saturated heterocycles. The standard InChI is InChI=1S/C8H8O6/c9-4-2-1-3(7(11)12)5(6(4)10)8(13)14/h1-2,4,6,9-10H,(H,11,12)(H,13,14)/p-2. The van der Waals surface area contributed by atoms with Gasteiger partial charge in [0.05, 0.1) is 11.9 Å². The third-order valence-electron chi connectivity index (χ3n) is 1.81. The van der Waals surface area contributed by atoms with Crippen molar-refractivity contribution in [1.82, 2.24) is 0 Å². The van der Waals surface area contributed by atoms with E-state index in [1.165, 1.54) is 0 Å². The minimum absolute atomic E-state index is 0.692. The maximum Gasteiger partial charge on any atom is 0.111 e. The second-order valence-electron chi connectivity index (χ2n) is 2.70. The first-order valence-electron chi connectivity index (χ1n) is 3.66. The fraction of sp³-hybridized carbons (Fsp3) is 0.250. The van der Waals surface area contributed by atoms with Crippen LogP contribution < -0.4 is 10.2 Å². The molecule has 14 heavy (non-hydrogen) atoms. The van der Waals surface area contributed by atoms with Gasteiger partial charge in [-0.3, -0.25) is 0 Å². The Morgan fingerprint density at radius 1 is 1.21 bits per heavy atom. The Labute approximate surface area is 78.4 Å². The van der Waals surface area contributed by atoms with Gasteiger partial charge in [0.2, 0.25) is 0 Å². The van der Waals surface area contributed by atoms with Crippen LogP contribution in [0.4, 0.5) is 0 Å². The van der Waals surface area contributed by atoms with Gasteiger partial charge in [-0.05, 0) is 0 Å². The van der Waals surface area contributed by atoms with Crippen LogP contribution in [0, 0.1) is 0 Å². The molecule has 1 rings (SSSR count). The van der Waals surface area contributed by atoms with E-state index in [0.29, 0.717) is 0 Å². The lowest BCUT2D eigenvalue weighted by molar-refractivity contribution is -0.304. The molecule has 0 fully saturated rings. The summed E-state index contributed by atoms with van der Waals surface area (Å²) < 4.78 is 0. The summed E-state index contributed by atoms with van der Waals surface area (Å²) in [6.45, 7) is 0. The van der Waals surface area contributed by atoms with Crippen molar-refractivity contribution in [2.75, 3.05) is 0 Å². The van der Waals surface area contributed by atoms with Gasteiger partial charge < -0.3 is 30.0 Å². The van der Waals surface area contributed by atoms with Crippen LogP contribution in [0.1, 0.15) is 0 Å². The van der Waals surface area contributed by atoms with E-state index in [0.717, 1.165) is 12.2 Å². The van der Waals surface area contributed by atoms with Crippen LogP contribution in [0.2, 0.25) is 0 Å². The SMILES string of the molecule is O=C([O-])C1=C(C(=O)[O-])C(O)C(O)C=C1. The van der Waals surface area contributed by atoms with Crippen LogP contribution in [0.3, 0.4) is 0 Å². The Bertz CT molecular complexity index is 340. The predicted octanol–water partition coefficient (Wildman–Crippen LogP) is -3.93. The normalized spacial score (nSPS) is 26.4. The van der Waals surface area contributed by atoms with Crippen molar-refractivity contribution in [3.05, 3.63) is 23.3 Å². The van der Waals surface area contributed by atoms with Crippen molar-refractivity contribution in [3.63, 3.8) is 0 Å². The molecule has 0 aromatic rings. The minimum atomic E-state index is -1.85. The molecule has 2 N–H and O–H groups in total. The van der Waals surface area contributed by atoms with Gasteiger partial charge in [-0.15, -0.1) is 0 Å². The summed E-state index contributed by atoms with van der Waals surface area (Å²) in [4.78, 5) is 20.9. The summed E-state index contributed by atoms with van der Waals surface area (Å²) in [6, 6.07) is 0. The number of carboxylic acid groups (broad SMARTS) is 2. The molecule has 0 aromatic heterocycles. The number of hydrogen-bond acceptors (Lipinski definition) is 6. The molecule has 0 saturated carbocycles. The maximum atomic E-state index is 10.5. The van der Waals surface area contributed by atoms with Gasteiger partial charge >= 0.3 is 0 Å². The number of aliphatic hydroxyl groups excluding tert-OH is 2. The Morgan fingerprint density at radius 3 is 2.21 bits per heavy atom. The van der Waals surface area contributed by atoms with E-state index < -0.39 is 35.3 Å². The average Bonchev–Trinajstić information content (AvgIpc) is 2.08. The van der Waals surface area contributed by atoms with Crippen molar-refractivity contribution >= 4 is 11.9 Å². The number of carbonyl (C=O) groups is 2. The van der Waals surface area contributed by atoms with Crippen LogP contribution >= 0.6 is 0 Å². The van der Waals surface area contributed by atoms with E-state index in [4.69, 9.17) is 10.2 Å². The average molecular weight is 198 g/mol. The predicted molar refractivity (Wildman–Crippen MR) is 38.2 cm³/mol. The van der Waals surface area contributed by atoms with Gasteiger partial charge in [-0.2, -0.15) is 0 Å². The van der Waals surface area contributed by atoms with Crippen LogP contribution in [-0.2, 0) is 9.59 Å². The maximum absolute atomic E-state index is 10.5. The molecule has 0 radical (unpaired) electrons. The van der Waals surface area contributed by atoms with E-state index in [2.05, 4.69) is 0 Å².